The molecule has 1 aliphatic heterocycles. The van der Waals surface area contributed by atoms with Gasteiger partial charge in [-0.15, -0.1) is 0 Å². The molecule has 1 aromatic rings. The van der Waals surface area contributed by atoms with E-state index in [-0.39, 0.29) is 23.6 Å². The molecular formula is C16H21NO4. The second-order valence-electron chi connectivity index (χ2n) is 5.41. The molecule has 5 heteroatoms. The second-order valence-corrected chi connectivity index (χ2v) is 5.41. The monoisotopic (exact) mass is 291 g/mol. The van der Waals surface area contributed by atoms with Crippen LogP contribution in [-0.2, 0) is 16.0 Å². The van der Waals surface area contributed by atoms with Crippen LogP contribution in [0, 0.1) is 0 Å². The molecule has 1 amide bonds. The number of hydrogen-bond donors (Lipinski definition) is 2. The number of amides is 1. The number of aryl methyl sites for hydroxylation is 1. The summed E-state index contributed by atoms with van der Waals surface area (Å²) in [6, 6.07) is 6.66. The minimum absolute atomic E-state index is 0.000288. The van der Waals surface area contributed by atoms with E-state index in [9.17, 15) is 9.59 Å². The Morgan fingerprint density at radius 1 is 1.38 bits per heavy atom. The van der Waals surface area contributed by atoms with Crippen LogP contribution in [0.5, 0.6) is 0 Å². The Bertz CT molecular complexity index is 492. The molecule has 0 aliphatic carbocycles. The topological polar surface area (TPSA) is 75.6 Å². The molecule has 0 unspecified atom stereocenters. The molecule has 1 saturated heterocycles. The second kappa shape index (κ2) is 7.22. The number of carbonyl (C=O) groups excluding carboxylic acids is 1. The lowest BCUT2D eigenvalue weighted by Gasteiger charge is -2.19. The van der Waals surface area contributed by atoms with Crippen LogP contribution in [0.25, 0.3) is 0 Å². The van der Waals surface area contributed by atoms with Gasteiger partial charge in [-0.25, -0.2) is 4.79 Å². The summed E-state index contributed by atoms with van der Waals surface area (Å²) in [5, 5.41) is 11.8. The zero-order chi connectivity index (χ0) is 15.2. The summed E-state index contributed by atoms with van der Waals surface area (Å²) in [4.78, 5) is 22.6. The summed E-state index contributed by atoms with van der Waals surface area (Å²) >= 11 is 0. The van der Waals surface area contributed by atoms with Crippen LogP contribution in [0.1, 0.15) is 42.1 Å². The number of nitrogens with one attached hydrogen (secondary N) is 1. The molecule has 0 spiro atoms. The molecule has 0 aromatic heterocycles. The van der Waals surface area contributed by atoms with E-state index in [4.69, 9.17) is 9.84 Å². The van der Waals surface area contributed by atoms with Gasteiger partial charge in [0, 0.05) is 13.0 Å². The molecule has 0 saturated carbocycles. The minimum Gasteiger partial charge on any atom is -0.478 e. The molecule has 2 rings (SSSR count). The molecular weight excluding hydrogens is 270 g/mol. The zero-order valence-corrected chi connectivity index (χ0v) is 12.2. The van der Waals surface area contributed by atoms with Crippen molar-refractivity contribution in [3.63, 3.8) is 0 Å². The van der Waals surface area contributed by atoms with Crippen LogP contribution in [-0.4, -0.2) is 35.7 Å². The van der Waals surface area contributed by atoms with Gasteiger partial charge in [-0.05, 0) is 43.9 Å². The van der Waals surface area contributed by atoms with E-state index in [1.165, 1.54) is 0 Å². The minimum atomic E-state index is -0.940. The number of rotatable bonds is 6. The molecule has 1 heterocycles. The van der Waals surface area contributed by atoms with Crippen molar-refractivity contribution in [1.29, 1.82) is 0 Å². The van der Waals surface area contributed by atoms with Gasteiger partial charge < -0.3 is 15.2 Å². The number of aromatic carboxylic acids is 1. The first-order chi connectivity index (χ1) is 10.1. The van der Waals surface area contributed by atoms with Gasteiger partial charge in [0.15, 0.2) is 0 Å². The van der Waals surface area contributed by atoms with Crippen LogP contribution in [0.2, 0.25) is 0 Å². The van der Waals surface area contributed by atoms with Gasteiger partial charge in [0.1, 0.15) is 0 Å². The first-order valence-corrected chi connectivity index (χ1v) is 7.29. The molecule has 0 radical (unpaired) electrons. The molecule has 0 bridgehead atoms. The SMILES string of the molecule is C[C@@H](NC(=O)CCc1ccc(C(=O)O)cc1)[C@H]1CCCO1. The van der Waals surface area contributed by atoms with E-state index in [1.807, 2.05) is 6.92 Å². The van der Waals surface area contributed by atoms with Crippen LogP contribution >= 0.6 is 0 Å². The van der Waals surface area contributed by atoms with E-state index >= 15 is 0 Å². The summed E-state index contributed by atoms with van der Waals surface area (Å²) < 4.78 is 5.54. The van der Waals surface area contributed by atoms with Crippen molar-refractivity contribution in [2.45, 2.75) is 44.8 Å². The van der Waals surface area contributed by atoms with Gasteiger partial charge in [-0.2, -0.15) is 0 Å². The molecule has 1 aromatic carbocycles. The standard InChI is InChI=1S/C16H21NO4/c1-11(14-3-2-10-21-14)17-15(18)9-6-12-4-7-13(8-5-12)16(19)20/h4-5,7-8,11,14H,2-3,6,9-10H2,1H3,(H,17,18)(H,19,20)/t11-,14-/m1/s1. The van der Waals surface area contributed by atoms with Gasteiger partial charge in [-0.3, -0.25) is 4.79 Å². The lowest BCUT2D eigenvalue weighted by atomic mass is 10.1. The maximum absolute atomic E-state index is 11.9. The molecule has 2 N–H and O–H groups in total. The number of carboxylic acid groups (broad SMARTS) is 1. The van der Waals surface area contributed by atoms with Crippen molar-refractivity contribution in [3.05, 3.63) is 35.4 Å². The predicted octanol–water partition coefficient (Wildman–Crippen LogP) is 2.00. The normalized spacial score (nSPS) is 19.2. The lowest BCUT2D eigenvalue weighted by molar-refractivity contribution is -0.122. The average molecular weight is 291 g/mol. The Hall–Kier alpha value is -1.88. The number of carboxylic acids is 1. The highest BCUT2D eigenvalue weighted by molar-refractivity contribution is 5.87. The lowest BCUT2D eigenvalue weighted by Crippen LogP contribution is -2.40. The van der Waals surface area contributed by atoms with Crippen molar-refractivity contribution in [3.8, 4) is 0 Å². The van der Waals surface area contributed by atoms with Gasteiger partial charge in [-0.1, -0.05) is 12.1 Å². The first kappa shape index (κ1) is 15.5. The van der Waals surface area contributed by atoms with E-state index in [1.54, 1.807) is 24.3 Å². The zero-order valence-electron chi connectivity index (χ0n) is 12.2. The number of hydrogen-bond acceptors (Lipinski definition) is 3. The molecule has 1 fully saturated rings. The van der Waals surface area contributed by atoms with E-state index in [0.29, 0.717) is 12.8 Å². The largest absolute Gasteiger partial charge is 0.478 e. The average Bonchev–Trinajstić information content (AvgIpc) is 3.00. The maximum atomic E-state index is 11.9. The fraction of sp³-hybridized carbons (Fsp3) is 0.500. The predicted molar refractivity (Wildman–Crippen MR) is 78.3 cm³/mol. The molecule has 21 heavy (non-hydrogen) atoms. The van der Waals surface area contributed by atoms with Crippen LogP contribution < -0.4 is 5.32 Å². The number of ether oxygens (including phenoxy) is 1. The first-order valence-electron chi connectivity index (χ1n) is 7.29. The molecule has 5 nitrogen and oxygen atoms in total. The number of benzene rings is 1. The highest BCUT2D eigenvalue weighted by Crippen LogP contribution is 2.15. The fourth-order valence-electron chi connectivity index (χ4n) is 2.49. The van der Waals surface area contributed by atoms with E-state index in [2.05, 4.69) is 5.32 Å². The van der Waals surface area contributed by atoms with Gasteiger partial charge in [0.2, 0.25) is 5.91 Å². The molecule has 114 valence electrons. The quantitative estimate of drug-likeness (QED) is 0.840. The van der Waals surface area contributed by atoms with Crippen molar-refractivity contribution in [1.82, 2.24) is 5.32 Å². The Labute approximate surface area is 124 Å². The summed E-state index contributed by atoms with van der Waals surface area (Å²) in [5.41, 5.74) is 1.22. The van der Waals surface area contributed by atoms with Crippen LogP contribution in [0.3, 0.4) is 0 Å². The van der Waals surface area contributed by atoms with Crippen molar-refractivity contribution < 1.29 is 19.4 Å². The Balaban J connectivity index is 1.76. The third kappa shape index (κ3) is 4.56. The Morgan fingerprint density at radius 2 is 2.10 bits per heavy atom. The van der Waals surface area contributed by atoms with Crippen molar-refractivity contribution in [2.75, 3.05) is 6.61 Å². The van der Waals surface area contributed by atoms with Gasteiger partial charge in [0.05, 0.1) is 17.7 Å². The van der Waals surface area contributed by atoms with Crippen molar-refractivity contribution in [2.24, 2.45) is 0 Å². The smallest absolute Gasteiger partial charge is 0.335 e. The highest BCUT2D eigenvalue weighted by atomic mass is 16.5. The third-order valence-electron chi connectivity index (χ3n) is 3.75. The van der Waals surface area contributed by atoms with Gasteiger partial charge in [0.25, 0.3) is 0 Å². The maximum Gasteiger partial charge on any atom is 0.335 e. The Kier molecular flexibility index (Phi) is 5.33. The summed E-state index contributed by atoms with van der Waals surface area (Å²) in [7, 11) is 0. The van der Waals surface area contributed by atoms with E-state index in [0.717, 1.165) is 25.0 Å². The molecule has 2 atom stereocenters. The summed E-state index contributed by atoms with van der Waals surface area (Å²) in [6.45, 7) is 2.75. The summed E-state index contributed by atoms with van der Waals surface area (Å²) in [6.07, 6.45) is 3.18. The van der Waals surface area contributed by atoms with E-state index < -0.39 is 5.97 Å². The Morgan fingerprint density at radius 3 is 2.67 bits per heavy atom. The van der Waals surface area contributed by atoms with Crippen LogP contribution in [0.15, 0.2) is 24.3 Å². The highest BCUT2D eigenvalue weighted by Gasteiger charge is 2.23. The number of carbonyl (C=O) groups is 2. The fourth-order valence-corrected chi connectivity index (χ4v) is 2.49. The van der Waals surface area contributed by atoms with Crippen LogP contribution in [0.4, 0.5) is 0 Å². The molecule has 1 aliphatic rings. The van der Waals surface area contributed by atoms with Crippen molar-refractivity contribution >= 4 is 11.9 Å². The van der Waals surface area contributed by atoms with Gasteiger partial charge >= 0.3 is 5.97 Å². The third-order valence-corrected chi connectivity index (χ3v) is 3.75. The summed E-state index contributed by atoms with van der Waals surface area (Å²) in [5.74, 6) is -0.940.